The van der Waals surface area contributed by atoms with Crippen molar-refractivity contribution in [3.8, 4) is 0 Å². The molecule has 0 bridgehead atoms. The van der Waals surface area contributed by atoms with Crippen LogP contribution in [-0.2, 0) is 9.84 Å². The predicted octanol–water partition coefficient (Wildman–Crippen LogP) is 2.12. The molecule has 1 atom stereocenters. The van der Waals surface area contributed by atoms with Gasteiger partial charge in [0.15, 0.2) is 0 Å². The maximum Gasteiger partial charge on any atom is 0.150 e. The first-order chi connectivity index (χ1) is 7.98. The molecule has 0 aliphatic carbocycles. The van der Waals surface area contributed by atoms with Crippen molar-refractivity contribution in [2.45, 2.75) is 25.8 Å². The molecule has 0 saturated carbocycles. The van der Waals surface area contributed by atoms with Crippen molar-refractivity contribution in [2.24, 2.45) is 5.84 Å². The highest BCUT2D eigenvalue weighted by Gasteiger charge is 2.14. The summed E-state index contributed by atoms with van der Waals surface area (Å²) in [4.78, 5) is 1.03. The Bertz CT molecular complexity index is 445. The second-order valence-corrected chi connectivity index (χ2v) is 7.96. The summed E-state index contributed by atoms with van der Waals surface area (Å²) in [6.45, 7) is 1.66. The van der Waals surface area contributed by atoms with Gasteiger partial charge in [-0.15, -0.1) is 11.3 Å². The van der Waals surface area contributed by atoms with Crippen LogP contribution < -0.4 is 11.3 Å². The average molecular weight is 297 g/mol. The number of thiophene rings is 1. The van der Waals surface area contributed by atoms with E-state index in [1.165, 1.54) is 11.3 Å². The molecule has 1 unspecified atom stereocenters. The van der Waals surface area contributed by atoms with Gasteiger partial charge in [0, 0.05) is 10.6 Å². The standard InChI is InChI=1S/C10H17ClN2O2S2/c1-2-17(14,15)7-3-4-8(13-12)9-5-6-10(11)16-9/h5-6,8,13H,2-4,7,12H2,1H3. The number of hydrogen-bond donors (Lipinski definition) is 2. The molecule has 1 heterocycles. The summed E-state index contributed by atoms with van der Waals surface area (Å²) < 4.78 is 23.4. The first-order valence-electron chi connectivity index (χ1n) is 5.40. The van der Waals surface area contributed by atoms with Crippen molar-refractivity contribution in [1.29, 1.82) is 0 Å². The van der Waals surface area contributed by atoms with Gasteiger partial charge < -0.3 is 0 Å². The van der Waals surface area contributed by atoms with Crippen molar-refractivity contribution < 1.29 is 8.42 Å². The summed E-state index contributed by atoms with van der Waals surface area (Å²) >= 11 is 7.30. The molecule has 3 N–H and O–H groups in total. The van der Waals surface area contributed by atoms with Crippen LogP contribution in [0.5, 0.6) is 0 Å². The largest absolute Gasteiger partial charge is 0.271 e. The van der Waals surface area contributed by atoms with Gasteiger partial charge in [0.05, 0.1) is 16.1 Å². The molecular weight excluding hydrogens is 280 g/mol. The van der Waals surface area contributed by atoms with E-state index in [1.54, 1.807) is 6.92 Å². The Morgan fingerprint density at radius 3 is 2.71 bits per heavy atom. The highest BCUT2D eigenvalue weighted by Crippen LogP contribution is 2.28. The second kappa shape index (κ2) is 6.70. The Morgan fingerprint density at radius 2 is 2.24 bits per heavy atom. The fourth-order valence-electron chi connectivity index (χ4n) is 1.47. The fraction of sp³-hybridized carbons (Fsp3) is 0.600. The number of hydrazine groups is 1. The molecule has 0 amide bonds. The fourth-order valence-corrected chi connectivity index (χ4v) is 3.53. The van der Waals surface area contributed by atoms with Gasteiger partial charge in [0.25, 0.3) is 0 Å². The Kier molecular flexibility index (Phi) is 5.88. The molecule has 4 nitrogen and oxygen atoms in total. The summed E-state index contributed by atoms with van der Waals surface area (Å²) in [5.74, 6) is 5.86. The zero-order chi connectivity index (χ0) is 12.9. The lowest BCUT2D eigenvalue weighted by Crippen LogP contribution is -2.27. The van der Waals surface area contributed by atoms with Crippen molar-refractivity contribution in [2.75, 3.05) is 11.5 Å². The first kappa shape index (κ1) is 14.9. The lowest BCUT2D eigenvalue weighted by atomic mass is 10.1. The zero-order valence-corrected chi connectivity index (χ0v) is 12.0. The molecule has 0 aliphatic rings. The second-order valence-electron chi connectivity index (χ2n) is 3.74. The number of hydrogen-bond acceptors (Lipinski definition) is 5. The lowest BCUT2D eigenvalue weighted by Gasteiger charge is -2.13. The van der Waals surface area contributed by atoms with E-state index < -0.39 is 9.84 Å². The molecule has 0 saturated heterocycles. The van der Waals surface area contributed by atoms with Gasteiger partial charge in [-0.3, -0.25) is 11.3 Å². The number of sulfone groups is 1. The Labute approximate surface area is 111 Å². The van der Waals surface area contributed by atoms with Crippen LogP contribution in [0.25, 0.3) is 0 Å². The summed E-state index contributed by atoms with van der Waals surface area (Å²) in [7, 11) is -2.89. The van der Waals surface area contributed by atoms with Gasteiger partial charge in [-0.25, -0.2) is 8.42 Å². The Hall–Kier alpha value is -0.140. The quantitative estimate of drug-likeness (QED) is 0.597. The molecule has 0 fully saturated rings. The maximum atomic E-state index is 11.3. The molecule has 98 valence electrons. The molecule has 1 rings (SSSR count). The lowest BCUT2D eigenvalue weighted by molar-refractivity contribution is 0.514. The van der Waals surface area contributed by atoms with Gasteiger partial charge in [-0.2, -0.15) is 0 Å². The van der Waals surface area contributed by atoms with Crippen LogP contribution in [0.2, 0.25) is 4.34 Å². The smallest absolute Gasteiger partial charge is 0.150 e. The Morgan fingerprint density at radius 1 is 1.53 bits per heavy atom. The van der Waals surface area contributed by atoms with Gasteiger partial charge >= 0.3 is 0 Å². The molecule has 7 heteroatoms. The third-order valence-electron chi connectivity index (χ3n) is 2.53. The summed E-state index contributed by atoms with van der Waals surface area (Å²) in [6, 6.07) is 3.69. The molecule has 1 aromatic rings. The SMILES string of the molecule is CCS(=O)(=O)CCCC(NN)c1ccc(Cl)s1. The molecule has 0 aromatic carbocycles. The van der Waals surface area contributed by atoms with Crippen molar-refractivity contribution >= 4 is 32.8 Å². The molecule has 17 heavy (non-hydrogen) atoms. The number of nitrogens with two attached hydrogens (primary N) is 1. The highest BCUT2D eigenvalue weighted by molar-refractivity contribution is 7.91. The van der Waals surface area contributed by atoms with E-state index in [9.17, 15) is 8.42 Å². The Balaban J connectivity index is 2.49. The average Bonchev–Trinajstić information content (AvgIpc) is 2.71. The maximum absolute atomic E-state index is 11.3. The minimum absolute atomic E-state index is 0.0282. The van der Waals surface area contributed by atoms with Gasteiger partial charge in [0.1, 0.15) is 9.84 Å². The number of rotatable bonds is 7. The van der Waals surface area contributed by atoms with E-state index in [-0.39, 0.29) is 17.5 Å². The zero-order valence-electron chi connectivity index (χ0n) is 9.65. The van der Waals surface area contributed by atoms with Crippen molar-refractivity contribution in [3.05, 3.63) is 21.3 Å². The molecule has 0 spiro atoms. The van der Waals surface area contributed by atoms with E-state index in [4.69, 9.17) is 17.4 Å². The van der Waals surface area contributed by atoms with Crippen LogP contribution in [0.1, 0.15) is 30.7 Å². The van der Waals surface area contributed by atoms with Crippen molar-refractivity contribution in [1.82, 2.24) is 5.43 Å². The predicted molar refractivity (Wildman–Crippen MR) is 73.0 cm³/mol. The van der Waals surface area contributed by atoms with E-state index in [0.717, 1.165) is 4.88 Å². The molecule has 0 radical (unpaired) electrons. The van der Waals surface area contributed by atoms with Crippen LogP contribution in [0.3, 0.4) is 0 Å². The van der Waals surface area contributed by atoms with E-state index in [1.807, 2.05) is 12.1 Å². The van der Waals surface area contributed by atoms with E-state index >= 15 is 0 Å². The summed E-state index contributed by atoms with van der Waals surface area (Å²) in [5.41, 5.74) is 2.69. The van der Waals surface area contributed by atoms with Crippen LogP contribution in [0.15, 0.2) is 12.1 Å². The summed E-state index contributed by atoms with van der Waals surface area (Å²) in [6.07, 6.45) is 1.28. The number of nitrogens with one attached hydrogen (secondary N) is 1. The topological polar surface area (TPSA) is 72.2 Å². The van der Waals surface area contributed by atoms with Crippen LogP contribution in [0, 0.1) is 0 Å². The molecule has 1 aromatic heterocycles. The third-order valence-corrected chi connectivity index (χ3v) is 5.66. The van der Waals surface area contributed by atoms with Crippen molar-refractivity contribution in [3.63, 3.8) is 0 Å². The van der Waals surface area contributed by atoms with Crippen LogP contribution in [0.4, 0.5) is 0 Å². The number of halogens is 1. The van der Waals surface area contributed by atoms with Gasteiger partial charge in [0.2, 0.25) is 0 Å². The van der Waals surface area contributed by atoms with Gasteiger partial charge in [-0.1, -0.05) is 18.5 Å². The van der Waals surface area contributed by atoms with E-state index in [0.29, 0.717) is 17.2 Å². The van der Waals surface area contributed by atoms with Gasteiger partial charge in [-0.05, 0) is 25.0 Å². The minimum atomic E-state index is -2.89. The monoisotopic (exact) mass is 296 g/mol. The molecule has 0 aliphatic heterocycles. The third kappa shape index (κ3) is 4.93. The summed E-state index contributed by atoms with van der Waals surface area (Å²) in [5, 5.41) is 0. The van der Waals surface area contributed by atoms with Crippen LogP contribution >= 0.6 is 22.9 Å². The first-order valence-corrected chi connectivity index (χ1v) is 8.42. The normalized spacial score (nSPS) is 13.8. The molecular formula is C10H17ClN2O2S2. The van der Waals surface area contributed by atoms with Crippen LogP contribution in [-0.4, -0.2) is 19.9 Å². The minimum Gasteiger partial charge on any atom is -0.271 e. The highest BCUT2D eigenvalue weighted by atomic mass is 35.5. The van der Waals surface area contributed by atoms with E-state index in [2.05, 4.69) is 5.43 Å².